The van der Waals surface area contributed by atoms with E-state index in [-0.39, 0.29) is 11.3 Å². The van der Waals surface area contributed by atoms with Crippen LogP contribution in [0, 0.1) is 12.7 Å². The lowest BCUT2D eigenvalue weighted by atomic mass is 10.1. The lowest BCUT2D eigenvalue weighted by molar-refractivity contribution is 0.102. The Labute approximate surface area is 128 Å². The van der Waals surface area contributed by atoms with Crippen molar-refractivity contribution in [2.45, 2.75) is 6.92 Å². The van der Waals surface area contributed by atoms with E-state index in [1.54, 1.807) is 19.1 Å². The number of sulfonamides is 1. The number of amides is 1. The van der Waals surface area contributed by atoms with Crippen molar-refractivity contribution in [1.29, 1.82) is 0 Å². The molecule has 0 aliphatic rings. The molecule has 116 valence electrons. The molecule has 2 aromatic rings. The van der Waals surface area contributed by atoms with E-state index in [1.807, 2.05) is 0 Å². The Bertz CT molecular complexity index is 819. The normalized spacial score (nSPS) is 11.0. The molecule has 0 radical (unpaired) electrons. The Morgan fingerprint density at radius 3 is 2.55 bits per heavy atom. The zero-order valence-corrected chi connectivity index (χ0v) is 12.9. The van der Waals surface area contributed by atoms with Gasteiger partial charge in [-0.3, -0.25) is 9.52 Å². The molecule has 22 heavy (non-hydrogen) atoms. The van der Waals surface area contributed by atoms with Crippen LogP contribution in [0.15, 0.2) is 42.5 Å². The molecule has 2 aromatic carbocycles. The summed E-state index contributed by atoms with van der Waals surface area (Å²) in [5.41, 5.74) is 1.63. The van der Waals surface area contributed by atoms with Gasteiger partial charge in [0.2, 0.25) is 10.0 Å². The summed E-state index contributed by atoms with van der Waals surface area (Å²) in [6.45, 7) is 1.75. The second-order valence-electron chi connectivity index (χ2n) is 4.87. The molecule has 0 heterocycles. The first kappa shape index (κ1) is 16.0. The van der Waals surface area contributed by atoms with E-state index in [0.29, 0.717) is 5.69 Å². The van der Waals surface area contributed by atoms with Crippen LogP contribution in [0.2, 0.25) is 0 Å². The predicted molar refractivity (Wildman–Crippen MR) is 84.0 cm³/mol. The third-order valence-corrected chi connectivity index (χ3v) is 3.48. The van der Waals surface area contributed by atoms with Gasteiger partial charge in [-0.05, 0) is 42.8 Å². The maximum atomic E-state index is 13.2. The van der Waals surface area contributed by atoms with E-state index < -0.39 is 21.7 Å². The molecule has 5 nitrogen and oxygen atoms in total. The van der Waals surface area contributed by atoms with Gasteiger partial charge in [0.25, 0.3) is 5.91 Å². The number of hydrogen-bond acceptors (Lipinski definition) is 3. The van der Waals surface area contributed by atoms with Gasteiger partial charge in [0.05, 0.1) is 6.26 Å². The van der Waals surface area contributed by atoms with E-state index in [2.05, 4.69) is 10.0 Å². The van der Waals surface area contributed by atoms with Gasteiger partial charge in [0, 0.05) is 16.9 Å². The maximum absolute atomic E-state index is 13.2. The Morgan fingerprint density at radius 1 is 1.14 bits per heavy atom. The molecule has 0 saturated carbocycles. The van der Waals surface area contributed by atoms with Crippen LogP contribution in [0.25, 0.3) is 0 Å². The molecule has 7 heteroatoms. The van der Waals surface area contributed by atoms with E-state index in [1.165, 1.54) is 30.3 Å². The number of carbonyl (C=O) groups excluding carboxylic acids is 1. The number of aryl methyl sites for hydroxylation is 1. The van der Waals surface area contributed by atoms with Crippen LogP contribution in [0.4, 0.5) is 15.8 Å². The number of nitrogens with one attached hydrogen (secondary N) is 2. The second-order valence-corrected chi connectivity index (χ2v) is 6.62. The van der Waals surface area contributed by atoms with Crippen LogP contribution in [-0.4, -0.2) is 20.6 Å². The molecule has 0 spiro atoms. The average molecular weight is 322 g/mol. The maximum Gasteiger partial charge on any atom is 0.255 e. The topological polar surface area (TPSA) is 75.3 Å². The number of hydrogen-bond donors (Lipinski definition) is 2. The van der Waals surface area contributed by atoms with Gasteiger partial charge in [-0.15, -0.1) is 0 Å². The van der Waals surface area contributed by atoms with Crippen molar-refractivity contribution in [1.82, 2.24) is 0 Å². The van der Waals surface area contributed by atoms with Crippen molar-refractivity contribution in [3.05, 3.63) is 59.4 Å². The SMILES string of the molecule is Cc1ccc(F)cc1NC(=O)c1cccc(NS(C)(=O)=O)c1. The lowest BCUT2D eigenvalue weighted by Crippen LogP contribution is -2.14. The molecular formula is C15H15FN2O3S. The van der Waals surface area contributed by atoms with E-state index in [0.717, 1.165) is 11.8 Å². The summed E-state index contributed by atoms with van der Waals surface area (Å²) < 4.78 is 37.9. The van der Waals surface area contributed by atoms with Gasteiger partial charge in [-0.1, -0.05) is 12.1 Å². The van der Waals surface area contributed by atoms with Crippen molar-refractivity contribution < 1.29 is 17.6 Å². The number of carbonyl (C=O) groups is 1. The highest BCUT2D eigenvalue weighted by atomic mass is 32.2. The third-order valence-electron chi connectivity index (χ3n) is 2.88. The summed E-state index contributed by atoms with van der Waals surface area (Å²) in [5.74, 6) is -0.903. The van der Waals surface area contributed by atoms with E-state index >= 15 is 0 Å². The van der Waals surface area contributed by atoms with Crippen LogP contribution in [0.3, 0.4) is 0 Å². The Hall–Kier alpha value is -2.41. The minimum absolute atomic E-state index is 0.261. The summed E-state index contributed by atoms with van der Waals surface area (Å²) in [4.78, 5) is 12.2. The van der Waals surface area contributed by atoms with Crippen LogP contribution in [0.5, 0.6) is 0 Å². The summed E-state index contributed by atoms with van der Waals surface area (Å²) >= 11 is 0. The molecule has 2 N–H and O–H groups in total. The highest BCUT2D eigenvalue weighted by Gasteiger charge is 2.10. The Balaban J connectivity index is 2.23. The number of benzene rings is 2. The first-order valence-electron chi connectivity index (χ1n) is 6.40. The monoisotopic (exact) mass is 322 g/mol. The van der Waals surface area contributed by atoms with Crippen molar-refractivity contribution in [3.63, 3.8) is 0 Å². The largest absolute Gasteiger partial charge is 0.322 e. The summed E-state index contributed by atoms with van der Waals surface area (Å²) in [7, 11) is -3.42. The zero-order valence-electron chi connectivity index (χ0n) is 12.1. The minimum Gasteiger partial charge on any atom is -0.322 e. The minimum atomic E-state index is -3.42. The highest BCUT2D eigenvalue weighted by molar-refractivity contribution is 7.92. The highest BCUT2D eigenvalue weighted by Crippen LogP contribution is 2.18. The Kier molecular flexibility index (Phi) is 4.46. The smallest absolute Gasteiger partial charge is 0.255 e. The molecule has 0 aliphatic carbocycles. The van der Waals surface area contributed by atoms with E-state index in [4.69, 9.17) is 0 Å². The molecule has 0 unspecified atom stereocenters. The quantitative estimate of drug-likeness (QED) is 0.909. The first-order valence-corrected chi connectivity index (χ1v) is 8.29. The van der Waals surface area contributed by atoms with Crippen molar-refractivity contribution in [3.8, 4) is 0 Å². The molecule has 1 amide bonds. The average Bonchev–Trinajstić information content (AvgIpc) is 2.41. The fourth-order valence-electron chi connectivity index (χ4n) is 1.86. The molecular weight excluding hydrogens is 307 g/mol. The molecule has 0 bridgehead atoms. The second kappa shape index (κ2) is 6.15. The van der Waals surface area contributed by atoms with Crippen LogP contribution < -0.4 is 10.0 Å². The van der Waals surface area contributed by atoms with Gasteiger partial charge in [-0.2, -0.15) is 0 Å². The number of halogens is 1. The van der Waals surface area contributed by atoms with Gasteiger partial charge in [0.15, 0.2) is 0 Å². The fraction of sp³-hybridized carbons (Fsp3) is 0.133. The van der Waals surface area contributed by atoms with Crippen LogP contribution >= 0.6 is 0 Å². The van der Waals surface area contributed by atoms with Crippen molar-refractivity contribution in [2.24, 2.45) is 0 Å². The molecule has 0 fully saturated rings. The summed E-state index contributed by atoms with van der Waals surface area (Å²) in [5, 5.41) is 2.60. The zero-order chi connectivity index (χ0) is 16.3. The third kappa shape index (κ3) is 4.29. The van der Waals surface area contributed by atoms with Crippen LogP contribution in [0.1, 0.15) is 15.9 Å². The molecule has 2 rings (SSSR count). The lowest BCUT2D eigenvalue weighted by Gasteiger charge is -2.10. The molecule has 0 aliphatic heterocycles. The number of anilines is 2. The molecule has 0 aromatic heterocycles. The molecule has 0 saturated heterocycles. The molecule has 0 atom stereocenters. The van der Waals surface area contributed by atoms with Crippen molar-refractivity contribution in [2.75, 3.05) is 16.3 Å². The summed E-state index contributed by atoms with van der Waals surface area (Å²) in [6.07, 6.45) is 1.02. The standard InChI is InChI=1S/C15H15FN2O3S/c1-10-6-7-12(16)9-14(10)17-15(19)11-4-3-5-13(8-11)18-22(2,20)21/h3-9,18H,1-2H3,(H,17,19). The number of rotatable bonds is 4. The van der Waals surface area contributed by atoms with Crippen LogP contribution in [-0.2, 0) is 10.0 Å². The van der Waals surface area contributed by atoms with Gasteiger partial charge >= 0.3 is 0 Å². The van der Waals surface area contributed by atoms with Gasteiger partial charge in [0.1, 0.15) is 5.82 Å². The first-order chi connectivity index (χ1) is 10.2. The summed E-state index contributed by atoms with van der Waals surface area (Å²) in [6, 6.07) is 10.1. The van der Waals surface area contributed by atoms with Gasteiger partial charge < -0.3 is 5.32 Å². The van der Waals surface area contributed by atoms with Gasteiger partial charge in [-0.25, -0.2) is 12.8 Å². The predicted octanol–water partition coefficient (Wildman–Crippen LogP) is 2.76. The van der Waals surface area contributed by atoms with E-state index in [9.17, 15) is 17.6 Å². The van der Waals surface area contributed by atoms with Crippen molar-refractivity contribution >= 4 is 27.3 Å². The fourth-order valence-corrected chi connectivity index (χ4v) is 2.42. The Morgan fingerprint density at radius 2 is 1.86 bits per heavy atom.